The van der Waals surface area contributed by atoms with Crippen LogP contribution in [0.2, 0.25) is 0 Å². The molecule has 2 N–H and O–H groups in total. The highest BCUT2D eigenvalue weighted by atomic mass is 16.4. The molecule has 1 saturated carbocycles. The lowest BCUT2D eigenvalue weighted by Crippen LogP contribution is -2.65. The number of ketones is 1. The fourth-order valence-electron chi connectivity index (χ4n) is 5.06. The molecule has 1 saturated heterocycles. The highest BCUT2D eigenvalue weighted by molar-refractivity contribution is 6.00. The normalized spacial score (nSPS) is 19.8. The lowest BCUT2D eigenvalue weighted by Gasteiger charge is -2.44. The number of urea groups is 1. The Kier molecular flexibility index (Phi) is 9.03. The predicted octanol–water partition coefficient (Wildman–Crippen LogP) is 3.66. The summed E-state index contributed by atoms with van der Waals surface area (Å²) in [7, 11) is 0. The fourth-order valence-corrected chi connectivity index (χ4v) is 5.06. The van der Waals surface area contributed by atoms with Gasteiger partial charge in [0, 0.05) is 37.1 Å². The minimum absolute atomic E-state index is 0.0554. The van der Waals surface area contributed by atoms with Crippen LogP contribution in [0.1, 0.15) is 110 Å². The van der Waals surface area contributed by atoms with Crippen molar-refractivity contribution in [1.82, 2.24) is 30.6 Å². The number of nitrogens with zero attached hydrogens (tertiary/aromatic N) is 4. The number of nitrogens with one attached hydrogen (secondary N) is 2. The minimum atomic E-state index is -1.03. The predicted molar refractivity (Wildman–Crippen MR) is 141 cm³/mol. The first kappa shape index (κ1) is 29.1. The molecule has 0 radical (unpaired) electrons. The smallest absolute Gasteiger partial charge is 0.318 e. The number of rotatable bonds is 7. The molecule has 0 aromatic carbocycles. The van der Waals surface area contributed by atoms with Crippen LogP contribution in [-0.2, 0) is 10.2 Å². The van der Waals surface area contributed by atoms with Gasteiger partial charge in [0.15, 0.2) is 0 Å². The highest BCUT2D eigenvalue weighted by Gasteiger charge is 2.44. The monoisotopic (exact) mass is 518 g/mol. The largest absolute Gasteiger partial charge is 0.418 e. The second-order valence-corrected chi connectivity index (χ2v) is 12.6. The van der Waals surface area contributed by atoms with E-state index in [1.54, 1.807) is 4.90 Å². The van der Waals surface area contributed by atoms with E-state index in [0.717, 1.165) is 32.4 Å². The van der Waals surface area contributed by atoms with Crippen LogP contribution in [0.25, 0.3) is 0 Å². The molecule has 208 valence electrons. The third kappa shape index (κ3) is 7.09. The molecule has 3 rings (SSSR count). The van der Waals surface area contributed by atoms with Crippen molar-refractivity contribution >= 4 is 17.7 Å². The Morgan fingerprint density at radius 1 is 0.973 bits per heavy atom. The Labute approximate surface area is 221 Å². The van der Waals surface area contributed by atoms with Gasteiger partial charge in [-0.05, 0) is 40.0 Å². The Hall–Kier alpha value is -2.49. The molecule has 0 unspecified atom stereocenters. The first-order valence-electron chi connectivity index (χ1n) is 13.8. The molecule has 10 nitrogen and oxygen atoms in total. The van der Waals surface area contributed by atoms with Crippen LogP contribution in [0.4, 0.5) is 4.79 Å². The number of hydrogen-bond donors (Lipinski definition) is 2. The maximum Gasteiger partial charge on any atom is 0.318 e. The SMILES string of the molecule is CCC[C@H](NC(=O)C1(NC(=O)N2CCN(C(C)(C)C)CC2)CCCCC1)C(=O)c1nnc(C(C)(C)C)o1. The van der Waals surface area contributed by atoms with Crippen LogP contribution >= 0.6 is 0 Å². The zero-order valence-electron chi connectivity index (χ0n) is 23.8. The molecule has 2 heterocycles. The maximum absolute atomic E-state index is 13.7. The van der Waals surface area contributed by atoms with Crippen molar-refractivity contribution in [1.29, 1.82) is 0 Å². The average molecular weight is 519 g/mol. The standard InChI is InChI=1S/C27H46N6O4/c1-8-12-19(20(34)21-30-31-23(37-21)25(2,3)4)28-22(35)27(13-10-9-11-14-27)29-24(36)32-15-17-33(18-16-32)26(5,6)7/h19H,8-18H2,1-7H3,(H,28,35)(H,29,36)/t19-/m0/s1. The number of piperazine rings is 1. The van der Waals surface area contributed by atoms with Gasteiger partial charge in [-0.3, -0.25) is 14.5 Å². The summed E-state index contributed by atoms with van der Waals surface area (Å²) in [6.07, 6.45) is 4.94. The van der Waals surface area contributed by atoms with Gasteiger partial charge < -0.3 is 20.0 Å². The number of aromatic nitrogens is 2. The van der Waals surface area contributed by atoms with E-state index in [-0.39, 0.29) is 28.8 Å². The number of carbonyl (C=O) groups is 3. The second kappa shape index (κ2) is 11.5. The maximum atomic E-state index is 13.7. The summed E-state index contributed by atoms with van der Waals surface area (Å²) < 4.78 is 5.66. The molecular weight excluding hydrogens is 472 g/mol. The molecule has 1 aromatic rings. The van der Waals surface area contributed by atoms with Crippen LogP contribution in [0, 0.1) is 0 Å². The topological polar surface area (TPSA) is 121 Å². The van der Waals surface area contributed by atoms with E-state index in [4.69, 9.17) is 4.42 Å². The van der Waals surface area contributed by atoms with Gasteiger partial charge in [-0.15, -0.1) is 10.2 Å². The van der Waals surface area contributed by atoms with E-state index in [9.17, 15) is 14.4 Å². The quantitative estimate of drug-likeness (QED) is 0.529. The Balaban J connectivity index is 1.72. The molecule has 1 aromatic heterocycles. The van der Waals surface area contributed by atoms with Gasteiger partial charge in [0.2, 0.25) is 17.6 Å². The van der Waals surface area contributed by atoms with Crippen LogP contribution < -0.4 is 10.6 Å². The van der Waals surface area contributed by atoms with Crippen LogP contribution in [0.15, 0.2) is 4.42 Å². The summed E-state index contributed by atoms with van der Waals surface area (Å²) in [6.45, 7) is 17.1. The number of amides is 3. The summed E-state index contributed by atoms with van der Waals surface area (Å²) in [5.41, 5.74) is -1.36. The zero-order valence-corrected chi connectivity index (χ0v) is 23.8. The van der Waals surface area contributed by atoms with Gasteiger partial charge in [-0.1, -0.05) is 53.4 Å². The Morgan fingerprint density at radius 3 is 2.11 bits per heavy atom. The molecule has 10 heteroatoms. The van der Waals surface area contributed by atoms with Gasteiger partial charge in [-0.25, -0.2) is 4.79 Å². The van der Waals surface area contributed by atoms with E-state index in [0.29, 0.717) is 44.7 Å². The molecule has 37 heavy (non-hydrogen) atoms. The average Bonchev–Trinajstić information content (AvgIpc) is 3.34. The van der Waals surface area contributed by atoms with E-state index in [1.165, 1.54) is 0 Å². The van der Waals surface area contributed by atoms with Crippen LogP contribution in [-0.4, -0.2) is 81.0 Å². The molecule has 0 spiro atoms. The summed E-state index contributed by atoms with van der Waals surface area (Å²) in [5, 5.41) is 14.0. The van der Waals surface area contributed by atoms with Crippen molar-refractivity contribution in [2.45, 2.75) is 116 Å². The number of Topliss-reactive ketones (excluding diaryl/α,β-unsaturated/α-hetero) is 1. The van der Waals surface area contributed by atoms with E-state index < -0.39 is 17.4 Å². The van der Waals surface area contributed by atoms with Gasteiger partial charge in [0.05, 0.1) is 6.04 Å². The first-order chi connectivity index (χ1) is 17.3. The third-order valence-electron chi connectivity index (χ3n) is 7.48. The molecule has 3 amide bonds. The summed E-state index contributed by atoms with van der Waals surface area (Å²) in [6, 6.07) is -1.01. The van der Waals surface area contributed by atoms with Crippen molar-refractivity contribution in [3.8, 4) is 0 Å². The van der Waals surface area contributed by atoms with Gasteiger partial charge >= 0.3 is 6.03 Å². The lowest BCUT2D eigenvalue weighted by molar-refractivity contribution is -0.129. The van der Waals surface area contributed by atoms with E-state index in [1.807, 2.05) is 27.7 Å². The van der Waals surface area contributed by atoms with Gasteiger partial charge in [0.25, 0.3) is 5.89 Å². The van der Waals surface area contributed by atoms with Crippen molar-refractivity contribution in [2.24, 2.45) is 0 Å². The zero-order chi connectivity index (χ0) is 27.4. The van der Waals surface area contributed by atoms with E-state index >= 15 is 0 Å². The fraction of sp³-hybridized carbons (Fsp3) is 0.815. The molecule has 0 bridgehead atoms. The van der Waals surface area contributed by atoms with Crippen molar-refractivity contribution in [3.05, 3.63) is 11.8 Å². The van der Waals surface area contributed by atoms with Crippen LogP contribution in [0.3, 0.4) is 0 Å². The van der Waals surface area contributed by atoms with E-state index in [2.05, 4.69) is 46.5 Å². The minimum Gasteiger partial charge on any atom is -0.418 e. The summed E-state index contributed by atoms with van der Waals surface area (Å²) >= 11 is 0. The second-order valence-electron chi connectivity index (χ2n) is 12.6. The van der Waals surface area contributed by atoms with Crippen molar-refractivity contribution < 1.29 is 18.8 Å². The summed E-state index contributed by atoms with van der Waals surface area (Å²) in [5.74, 6) is -0.424. The first-order valence-corrected chi connectivity index (χ1v) is 13.8. The molecular formula is C27H46N6O4. The third-order valence-corrected chi connectivity index (χ3v) is 7.48. The molecule has 2 fully saturated rings. The highest BCUT2D eigenvalue weighted by Crippen LogP contribution is 2.30. The Bertz CT molecular complexity index is 947. The molecule has 1 atom stereocenters. The van der Waals surface area contributed by atoms with Gasteiger partial charge in [0.1, 0.15) is 5.54 Å². The molecule has 1 aliphatic carbocycles. The van der Waals surface area contributed by atoms with Crippen molar-refractivity contribution in [2.75, 3.05) is 26.2 Å². The number of carbonyl (C=O) groups excluding carboxylic acids is 3. The van der Waals surface area contributed by atoms with Crippen molar-refractivity contribution in [3.63, 3.8) is 0 Å². The lowest BCUT2D eigenvalue weighted by atomic mass is 9.80. The number of hydrogen-bond acceptors (Lipinski definition) is 7. The summed E-state index contributed by atoms with van der Waals surface area (Å²) in [4.78, 5) is 44.5. The molecule has 1 aliphatic heterocycles. The van der Waals surface area contributed by atoms with Gasteiger partial charge in [-0.2, -0.15) is 0 Å². The van der Waals surface area contributed by atoms with Crippen LogP contribution in [0.5, 0.6) is 0 Å². The molecule has 2 aliphatic rings. The Morgan fingerprint density at radius 2 is 1.59 bits per heavy atom.